The number of hydrogen-bond acceptors (Lipinski definition) is 3. The molecule has 26 heavy (non-hydrogen) atoms. The van der Waals surface area contributed by atoms with Crippen LogP contribution >= 0.6 is 11.6 Å². The monoisotopic (exact) mass is 375 g/mol. The Balaban J connectivity index is 1.76. The molecule has 0 radical (unpaired) electrons. The maximum atomic E-state index is 12.8. The lowest BCUT2D eigenvalue weighted by molar-refractivity contribution is -0.150. The van der Waals surface area contributed by atoms with Crippen molar-refractivity contribution >= 4 is 29.6 Å². The molecule has 0 aromatic heterocycles. The highest BCUT2D eigenvalue weighted by Gasteiger charge is 2.15. The van der Waals surface area contributed by atoms with E-state index in [1.54, 1.807) is 36.4 Å². The zero-order chi connectivity index (χ0) is 18.9. The minimum Gasteiger partial charge on any atom is -0.449 e. The fraction of sp³-hybridized carbons (Fsp3) is 0.200. The molecule has 0 saturated carbocycles. The Morgan fingerprint density at radius 1 is 1.19 bits per heavy atom. The van der Waals surface area contributed by atoms with Gasteiger partial charge in [0, 0.05) is 17.6 Å². The van der Waals surface area contributed by atoms with Crippen LogP contribution in [-0.2, 0) is 20.7 Å². The Hall–Kier alpha value is -2.66. The third-order valence-electron chi connectivity index (χ3n) is 3.59. The molecular weight excluding hydrogens is 357 g/mol. The Bertz CT molecular complexity index is 790. The summed E-state index contributed by atoms with van der Waals surface area (Å²) in [6, 6.07) is 13.1. The molecule has 0 saturated heterocycles. The third kappa shape index (κ3) is 6.33. The summed E-state index contributed by atoms with van der Waals surface area (Å²) in [6.07, 6.45) is 2.39. The highest BCUT2D eigenvalue weighted by Crippen LogP contribution is 2.16. The summed E-state index contributed by atoms with van der Waals surface area (Å²) in [6.45, 7) is 1.86. The van der Waals surface area contributed by atoms with E-state index in [1.807, 2.05) is 0 Å². The number of halogens is 2. The molecule has 0 aliphatic carbocycles. The van der Waals surface area contributed by atoms with Gasteiger partial charge in [0.1, 0.15) is 5.82 Å². The number of carbonyl (C=O) groups excluding carboxylic acids is 2. The second-order valence-electron chi connectivity index (χ2n) is 5.60. The summed E-state index contributed by atoms with van der Waals surface area (Å²) in [5.41, 5.74) is 1.58. The molecule has 2 aromatic carbocycles. The zero-order valence-corrected chi connectivity index (χ0v) is 15.0. The smallest absolute Gasteiger partial charge is 0.331 e. The van der Waals surface area contributed by atoms with Gasteiger partial charge in [0.2, 0.25) is 0 Å². The Morgan fingerprint density at radius 2 is 1.88 bits per heavy atom. The number of rotatable bonds is 7. The molecule has 6 heteroatoms. The summed E-state index contributed by atoms with van der Waals surface area (Å²) in [4.78, 5) is 23.8. The molecule has 0 aliphatic heterocycles. The van der Waals surface area contributed by atoms with Crippen molar-refractivity contribution in [2.75, 3.05) is 6.54 Å². The Morgan fingerprint density at radius 3 is 2.58 bits per heavy atom. The molecule has 0 spiro atoms. The first kappa shape index (κ1) is 19.7. The van der Waals surface area contributed by atoms with Crippen molar-refractivity contribution in [3.05, 3.63) is 76.6 Å². The van der Waals surface area contributed by atoms with Crippen LogP contribution in [0.25, 0.3) is 6.08 Å². The van der Waals surface area contributed by atoms with E-state index in [4.69, 9.17) is 16.3 Å². The quantitative estimate of drug-likeness (QED) is 0.592. The van der Waals surface area contributed by atoms with Crippen LogP contribution in [0, 0.1) is 5.82 Å². The number of ether oxygens (including phenoxy) is 1. The van der Waals surface area contributed by atoms with E-state index >= 15 is 0 Å². The maximum absolute atomic E-state index is 12.8. The molecule has 2 aromatic rings. The van der Waals surface area contributed by atoms with E-state index in [-0.39, 0.29) is 5.82 Å². The van der Waals surface area contributed by atoms with Gasteiger partial charge in [0.15, 0.2) is 6.10 Å². The number of carbonyl (C=O) groups is 2. The predicted molar refractivity (Wildman–Crippen MR) is 99.2 cm³/mol. The average molecular weight is 376 g/mol. The second kappa shape index (κ2) is 9.73. The van der Waals surface area contributed by atoms with E-state index in [1.165, 1.54) is 31.2 Å². The molecule has 0 fully saturated rings. The molecule has 4 nitrogen and oxygen atoms in total. The van der Waals surface area contributed by atoms with Gasteiger partial charge in [-0.3, -0.25) is 4.79 Å². The minimum atomic E-state index is -0.924. The van der Waals surface area contributed by atoms with E-state index in [9.17, 15) is 14.0 Å². The number of nitrogens with one attached hydrogen (secondary N) is 1. The minimum absolute atomic E-state index is 0.303. The highest BCUT2D eigenvalue weighted by atomic mass is 35.5. The first-order chi connectivity index (χ1) is 12.5. The largest absolute Gasteiger partial charge is 0.449 e. The lowest BCUT2D eigenvalue weighted by Gasteiger charge is -2.12. The normalized spacial score (nSPS) is 12.0. The fourth-order valence-corrected chi connectivity index (χ4v) is 2.36. The van der Waals surface area contributed by atoms with Crippen LogP contribution in [0.3, 0.4) is 0 Å². The number of benzene rings is 2. The van der Waals surface area contributed by atoms with Crippen molar-refractivity contribution in [1.29, 1.82) is 0 Å². The van der Waals surface area contributed by atoms with Gasteiger partial charge >= 0.3 is 5.97 Å². The van der Waals surface area contributed by atoms with E-state index < -0.39 is 18.0 Å². The van der Waals surface area contributed by atoms with Gasteiger partial charge in [-0.25, -0.2) is 9.18 Å². The molecule has 0 aliphatic rings. The van der Waals surface area contributed by atoms with Gasteiger partial charge in [-0.1, -0.05) is 41.9 Å². The summed E-state index contributed by atoms with van der Waals surface area (Å²) < 4.78 is 17.9. The molecule has 1 N–H and O–H groups in total. The lowest BCUT2D eigenvalue weighted by Crippen LogP contribution is -2.36. The van der Waals surface area contributed by atoms with Crippen molar-refractivity contribution in [2.24, 2.45) is 0 Å². The summed E-state index contributed by atoms with van der Waals surface area (Å²) in [5.74, 6) is -1.33. The number of esters is 1. The van der Waals surface area contributed by atoms with E-state index in [0.29, 0.717) is 23.6 Å². The molecular formula is C20H19ClFNO3. The maximum Gasteiger partial charge on any atom is 0.331 e. The van der Waals surface area contributed by atoms with Crippen molar-refractivity contribution in [3.8, 4) is 0 Å². The standard InChI is InChI=1S/C20H19ClFNO3/c1-14(20(25)23-13-12-15-6-9-17(22)10-7-15)26-19(24)11-8-16-4-2-3-5-18(16)21/h2-11,14H,12-13H2,1H3,(H,23,25)/b11-8+/t14-/m0/s1. The van der Waals surface area contributed by atoms with Crippen LogP contribution in [0.15, 0.2) is 54.6 Å². The zero-order valence-electron chi connectivity index (χ0n) is 14.2. The molecule has 1 atom stereocenters. The SMILES string of the molecule is C[C@H](OC(=O)/C=C/c1ccccc1Cl)C(=O)NCCc1ccc(F)cc1. The topological polar surface area (TPSA) is 55.4 Å². The summed E-state index contributed by atoms with van der Waals surface area (Å²) in [7, 11) is 0. The molecule has 136 valence electrons. The van der Waals surface area contributed by atoms with E-state index in [2.05, 4.69) is 5.32 Å². The van der Waals surface area contributed by atoms with Crippen molar-refractivity contribution in [2.45, 2.75) is 19.4 Å². The molecule has 1 amide bonds. The summed E-state index contributed by atoms with van der Waals surface area (Å²) in [5, 5.41) is 3.20. The third-order valence-corrected chi connectivity index (χ3v) is 3.94. The molecule has 0 heterocycles. The van der Waals surface area contributed by atoms with Gasteiger partial charge in [-0.15, -0.1) is 0 Å². The van der Waals surface area contributed by atoms with Crippen LogP contribution in [-0.4, -0.2) is 24.5 Å². The average Bonchev–Trinajstić information content (AvgIpc) is 2.62. The molecule has 0 unspecified atom stereocenters. The highest BCUT2D eigenvalue weighted by molar-refractivity contribution is 6.32. The van der Waals surface area contributed by atoms with Crippen molar-refractivity contribution in [3.63, 3.8) is 0 Å². The van der Waals surface area contributed by atoms with Crippen LogP contribution in [0.5, 0.6) is 0 Å². The van der Waals surface area contributed by atoms with Gasteiger partial charge in [-0.2, -0.15) is 0 Å². The molecule has 2 rings (SSSR count). The number of hydrogen-bond donors (Lipinski definition) is 1. The Kier molecular flexibility index (Phi) is 7.36. The van der Waals surface area contributed by atoms with Gasteiger partial charge in [-0.05, 0) is 48.7 Å². The van der Waals surface area contributed by atoms with Gasteiger partial charge in [0.05, 0.1) is 0 Å². The van der Waals surface area contributed by atoms with Crippen LogP contribution < -0.4 is 5.32 Å². The first-order valence-corrected chi connectivity index (χ1v) is 8.49. The Labute approximate surface area is 156 Å². The van der Waals surface area contributed by atoms with E-state index in [0.717, 1.165) is 5.56 Å². The summed E-state index contributed by atoms with van der Waals surface area (Å²) >= 11 is 5.99. The van der Waals surface area contributed by atoms with Gasteiger partial charge < -0.3 is 10.1 Å². The predicted octanol–water partition coefficient (Wildman–Crippen LogP) is 3.78. The first-order valence-electron chi connectivity index (χ1n) is 8.11. The van der Waals surface area contributed by atoms with Crippen molar-refractivity contribution < 1.29 is 18.7 Å². The van der Waals surface area contributed by atoms with Crippen molar-refractivity contribution in [1.82, 2.24) is 5.32 Å². The fourth-order valence-electron chi connectivity index (χ4n) is 2.16. The van der Waals surface area contributed by atoms with Gasteiger partial charge in [0.25, 0.3) is 5.91 Å². The second-order valence-corrected chi connectivity index (χ2v) is 6.01. The molecule has 0 bridgehead atoms. The van der Waals surface area contributed by atoms with Crippen LogP contribution in [0.2, 0.25) is 5.02 Å². The lowest BCUT2D eigenvalue weighted by atomic mass is 10.1. The van der Waals surface area contributed by atoms with Crippen LogP contribution in [0.1, 0.15) is 18.1 Å². The van der Waals surface area contributed by atoms with Crippen LogP contribution in [0.4, 0.5) is 4.39 Å². The number of amides is 1.